The van der Waals surface area contributed by atoms with Crippen LogP contribution in [0, 0.1) is 5.82 Å². The highest BCUT2D eigenvalue weighted by molar-refractivity contribution is 5.94. The van der Waals surface area contributed by atoms with Crippen molar-refractivity contribution in [2.24, 2.45) is 0 Å². The summed E-state index contributed by atoms with van der Waals surface area (Å²) in [5.74, 6) is -1.96. The van der Waals surface area contributed by atoms with Crippen molar-refractivity contribution in [1.82, 2.24) is 5.01 Å². The van der Waals surface area contributed by atoms with Crippen molar-refractivity contribution in [2.45, 2.75) is 19.3 Å². The van der Waals surface area contributed by atoms with Crippen LogP contribution in [-0.4, -0.2) is 29.2 Å². The minimum atomic E-state index is -1.25. The van der Waals surface area contributed by atoms with Crippen molar-refractivity contribution < 1.29 is 14.3 Å². The van der Waals surface area contributed by atoms with Crippen LogP contribution in [0.15, 0.2) is 18.2 Å². The lowest BCUT2D eigenvalue weighted by Gasteiger charge is -2.28. The monoisotopic (exact) mass is 238 g/mol. The molecular weight excluding hydrogens is 223 g/mol. The number of benzene rings is 1. The summed E-state index contributed by atoms with van der Waals surface area (Å²) < 4.78 is 13.4. The maximum Gasteiger partial charge on any atom is 0.340 e. The first-order chi connectivity index (χ1) is 8.18. The van der Waals surface area contributed by atoms with Crippen LogP contribution in [0.25, 0.3) is 0 Å². The van der Waals surface area contributed by atoms with Crippen LogP contribution in [0.2, 0.25) is 0 Å². The van der Waals surface area contributed by atoms with Crippen molar-refractivity contribution >= 4 is 11.7 Å². The van der Waals surface area contributed by atoms with Gasteiger partial charge in [0.05, 0.1) is 5.69 Å². The molecule has 1 aromatic carbocycles. The van der Waals surface area contributed by atoms with Gasteiger partial charge in [0.15, 0.2) is 0 Å². The van der Waals surface area contributed by atoms with Crippen molar-refractivity contribution in [1.29, 1.82) is 0 Å². The van der Waals surface area contributed by atoms with E-state index in [1.807, 2.05) is 5.01 Å². The van der Waals surface area contributed by atoms with Gasteiger partial charge in [-0.25, -0.2) is 14.2 Å². The SMILES string of the molecule is O=C(O)c1c(F)cccc1NN1CCCCC1. The summed E-state index contributed by atoms with van der Waals surface area (Å²) >= 11 is 0. The van der Waals surface area contributed by atoms with E-state index in [0.717, 1.165) is 32.0 Å². The lowest BCUT2D eigenvalue weighted by molar-refractivity contribution is 0.0692. The van der Waals surface area contributed by atoms with Crippen molar-refractivity contribution in [3.05, 3.63) is 29.6 Å². The van der Waals surface area contributed by atoms with Crippen LogP contribution in [-0.2, 0) is 0 Å². The van der Waals surface area contributed by atoms with Gasteiger partial charge in [0.2, 0.25) is 0 Å². The second kappa shape index (κ2) is 5.14. The molecule has 1 aliphatic heterocycles. The Morgan fingerprint density at radius 3 is 2.65 bits per heavy atom. The average Bonchev–Trinajstić information content (AvgIpc) is 2.30. The highest BCUT2D eigenvalue weighted by Crippen LogP contribution is 2.20. The lowest BCUT2D eigenvalue weighted by atomic mass is 10.1. The first kappa shape index (κ1) is 11.9. The molecule has 17 heavy (non-hydrogen) atoms. The van der Waals surface area contributed by atoms with E-state index in [1.54, 1.807) is 6.07 Å². The van der Waals surface area contributed by atoms with Crippen LogP contribution in [0.4, 0.5) is 10.1 Å². The topological polar surface area (TPSA) is 52.6 Å². The Hall–Kier alpha value is -1.62. The molecule has 4 nitrogen and oxygen atoms in total. The Balaban J connectivity index is 2.19. The third-order valence-electron chi connectivity index (χ3n) is 2.86. The van der Waals surface area contributed by atoms with Crippen LogP contribution >= 0.6 is 0 Å². The first-order valence-electron chi connectivity index (χ1n) is 5.72. The van der Waals surface area contributed by atoms with E-state index < -0.39 is 11.8 Å². The van der Waals surface area contributed by atoms with Crippen LogP contribution in [0.1, 0.15) is 29.6 Å². The largest absolute Gasteiger partial charge is 0.478 e. The molecule has 0 radical (unpaired) electrons. The molecule has 0 aromatic heterocycles. The zero-order valence-corrected chi connectivity index (χ0v) is 9.45. The van der Waals surface area contributed by atoms with E-state index in [-0.39, 0.29) is 5.56 Å². The Kier molecular flexibility index (Phi) is 3.58. The molecule has 2 rings (SSSR count). The number of anilines is 1. The molecule has 0 atom stereocenters. The summed E-state index contributed by atoms with van der Waals surface area (Å²) in [4.78, 5) is 11.0. The standard InChI is InChI=1S/C12H15FN2O2/c13-9-5-4-6-10(11(9)12(16)17)14-15-7-2-1-3-8-15/h4-6,14H,1-3,7-8H2,(H,16,17). The molecular formula is C12H15FN2O2. The van der Waals surface area contributed by atoms with Gasteiger partial charge in [-0.05, 0) is 25.0 Å². The number of halogens is 1. The maximum atomic E-state index is 13.4. The number of nitrogens with zero attached hydrogens (tertiary/aromatic N) is 1. The van der Waals surface area contributed by atoms with E-state index in [9.17, 15) is 9.18 Å². The second-order valence-electron chi connectivity index (χ2n) is 4.13. The van der Waals surface area contributed by atoms with Gasteiger partial charge in [0, 0.05) is 13.1 Å². The quantitative estimate of drug-likeness (QED) is 0.848. The number of hydrazine groups is 1. The normalized spacial score (nSPS) is 16.8. The molecule has 2 N–H and O–H groups in total. The molecule has 1 aromatic rings. The number of aromatic carboxylic acids is 1. The number of rotatable bonds is 3. The Morgan fingerprint density at radius 2 is 2.00 bits per heavy atom. The van der Waals surface area contributed by atoms with Gasteiger partial charge in [-0.3, -0.25) is 0 Å². The van der Waals surface area contributed by atoms with E-state index in [2.05, 4.69) is 5.43 Å². The van der Waals surface area contributed by atoms with Crippen LogP contribution in [0.5, 0.6) is 0 Å². The molecule has 0 spiro atoms. The Morgan fingerprint density at radius 1 is 1.29 bits per heavy atom. The molecule has 0 amide bonds. The molecule has 0 unspecified atom stereocenters. The number of nitrogens with one attached hydrogen (secondary N) is 1. The zero-order valence-electron chi connectivity index (χ0n) is 9.45. The highest BCUT2D eigenvalue weighted by Gasteiger charge is 2.18. The fraction of sp³-hybridized carbons (Fsp3) is 0.417. The summed E-state index contributed by atoms with van der Waals surface area (Å²) in [5, 5.41) is 10.9. The first-order valence-corrected chi connectivity index (χ1v) is 5.72. The number of hydrogen-bond acceptors (Lipinski definition) is 3. The maximum absolute atomic E-state index is 13.4. The highest BCUT2D eigenvalue weighted by atomic mass is 19.1. The molecule has 5 heteroatoms. The molecule has 1 fully saturated rings. The fourth-order valence-electron chi connectivity index (χ4n) is 2.01. The third kappa shape index (κ3) is 2.74. The summed E-state index contributed by atoms with van der Waals surface area (Å²) in [6, 6.07) is 4.25. The predicted octanol–water partition coefficient (Wildman–Crippen LogP) is 2.34. The summed E-state index contributed by atoms with van der Waals surface area (Å²) in [7, 11) is 0. The van der Waals surface area contributed by atoms with Crippen molar-refractivity contribution in [3.63, 3.8) is 0 Å². The fourth-order valence-corrected chi connectivity index (χ4v) is 2.01. The van der Waals surface area contributed by atoms with E-state index in [1.165, 1.54) is 12.5 Å². The molecule has 1 heterocycles. The van der Waals surface area contributed by atoms with Gasteiger partial charge < -0.3 is 10.5 Å². The minimum Gasteiger partial charge on any atom is -0.478 e. The molecule has 0 aliphatic carbocycles. The number of carbonyl (C=O) groups is 1. The van der Waals surface area contributed by atoms with Gasteiger partial charge in [-0.2, -0.15) is 0 Å². The number of piperidine rings is 1. The van der Waals surface area contributed by atoms with Crippen LogP contribution in [0.3, 0.4) is 0 Å². The summed E-state index contributed by atoms with van der Waals surface area (Å²) in [6.45, 7) is 1.71. The molecule has 1 saturated heterocycles. The van der Waals surface area contributed by atoms with Gasteiger partial charge in [0.25, 0.3) is 0 Å². The molecule has 0 bridgehead atoms. The van der Waals surface area contributed by atoms with E-state index >= 15 is 0 Å². The summed E-state index contributed by atoms with van der Waals surface area (Å²) in [5.41, 5.74) is 3.01. The summed E-state index contributed by atoms with van der Waals surface area (Å²) in [6.07, 6.45) is 3.34. The number of carboxylic acids is 1. The van der Waals surface area contributed by atoms with Crippen molar-refractivity contribution in [3.8, 4) is 0 Å². The van der Waals surface area contributed by atoms with Crippen LogP contribution < -0.4 is 5.43 Å². The Bertz CT molecular complexity index is 417. The van der Waals surface area contributed by atoms with E-state index in [0.29, 0.717) is 5.69 Å². The average molecular weight is 238 g/mol. The Labute approximate surface area is 99.0 Å². The molecule has 1 aliphatic rings. The second-order valence-corrected chi connectivity index (χ2v) is 4.13. The van der Waals surface area contributed by atoms with Gasteiger partial charge in [-0.15, -0.1) is 0 Å². The molecule has 92 valence electrons. The zero-order chi connectivity index (χ0) is 12.3. The van der Waals surface area contributed by atoms with E-state index in [4.69, 9.17) is 5.11 Å². The predicted molar refractivity (Wildman–Crippen MR) is 62.4 cm³/mol. The van der Waals surface area contributed by atoms with Gasteiger partial charge >= 0.3 is 5.97 Å². The van der Waals surface area contributed by atoms with Gasteiger partial charge in [0.1, 0.15) is 11.4 Å². The smallest absolute Gasteiger partial charge is 0.340 e. The third-order valence-corrected chi connectivity index (χ3v) is 2.86. The number of hydrogen-bond donors (Lipinski definition) is 2. The van der Waals surface area contributed by atoms with Crippen molar-refractivity contribution in [2.75, 3.05) is 18.5 Å². The number of carboxylic acid groups (broad SMARTS) is 1. The van der Waals surface area contributed by atoms with Gasteiger partial charge in [-0.1, -0.05) is 12.5 Å². The molecule has 0 saturated carbocycles. The minimum absolute atomic E-state index is 0.293. The lowest BCUT2D eigenvalue weighted by Crippen LogP contribution is -2.35.